The molecule has 2 rings (SSSR count). The summed E-state index contributed by atoms with van der Waals surface area (Å²) in [5.74, 6) is -0.0114. The van der Waals surface area contributed by atoms with Crippen molar-refractivity contribution in [1.82, 2.24) is 0 Å². The minimum atomic E-state index is -0.352. The van der Waals surface area contributed by atoms with E-state index in [1.54, 1.807) is 30.3 Å². The first-order valence-corrected chi connectivity index (χ1v) is 12.6. The Balaban J connectivity index is 1.88. The van der Waals surface area contributed by atoms with Gasteiger partial charge in [-0.05, 0) is 56.7 Å². The molecule has 0 radical (unpaired) electrons. The number of amides is 1. The first-order valence-electron chi connectivity index (χ1n) is 12.6. The Labute approximate surface area is 204 Å². The second kappa shape index (κ2) is 14.4. The van der Waals surface area contributed by atoms with E-state index in [9.17, 15) is 9.59 Å². The monoisotopic (exact) mass is 469 g/mol. The van der Waals surface area contributed by atoms with Crippen molar-refractivity contribution in [2.45, 2.75) is 52.9 Å². The number of esters is 1. The summed E-state index contributed by atoms with van der Waals surface area (Å²) in [6.07, 6.45) is 5.77. The van der Waals surface area contributed by atoms with Gasteiger partial charge < -0.3 is 19.3 Å². The van der Waals surface area contributed by atoms with Gasteiger partial charge in [0.05, 0.1) is 37.9 Å². The molecule has 0 saturated carbocycles. The standard InChI is InChI=1S/C28H40N2O4/c1-5-8-9-10-13-21-33-26-15-12-11-14-25(26)27(31)29-24-18-16-23(17-19-24)28(32)34-22-20-30(4,6-2)7-3/h11-12,14-19H,5-10,13,20-22H2,1-4H3/p+1. The Morgan fingerprint density at radius 3 is 2.21 bits per heavy atom. The number of ether oxygens (including phenoxy) is 2. The lowest BCUT2D eigenvalue weighted by atomic mass is 10.1. The van der Waals surface area contributed by atoms with Gasteiger partial charge in [-0.25, -0.2) is 4.79 Å². The predicted molar refractivity (Wildman–Crippen MR) is 138 cm³/mol. The topological polar surface area (TPSA) is 64.6 Å². The molecule has 0 aromatic heterocycles. The molecular formula is C28H41N2O4+. The highest BCUT2D eigenvalue weighted by molar-refractivity contribution is 6.06. The zero-order valence-corrected chi connectivity index (χ0v) is 21.3. The van der Waals surface area contributed by atoms with Crippen LogP contribution in [0.1, 0.15) is 73.6 Å². The third-order valence-corrected chi connectivity index (χ3v) is 6.41. The van der Waals surface area contributed by atoms with Crippen LogP contribution in [0.25, 0.3) is 0 Å². The summed E-state index contributed by atoms with van der Waals surface area (Å²) in [7, 11) is 2.15. The van der Waals surface area contributed by atoms with Crippen molar-refractivity contribution in [2.24, 2.45) is 0 Å². The van der Waals surface area contributed by atoms with Crippen LogP contribution in [0.15, 0.2) is 48.5 Å². The van der Waals surface area contributed by atoms with Crippen LogP contribution >= 0.6 is 0 Å². The Morgan fingerprint density at radius 2 is 1.53 bits per heavy atom. The molecule has 186 valence electrons. The number of unbranched alkanes of at least 4 members (excludes halogenated alkanes) is 4. The van der Waals surface area contributed by atoms with Gasteiger partial charge in [0.15, 0.2) is 0 Å². The van der Waals surface area contributed by atoms with E-state index in [1.165, 1.54) is 19.3 Å². The number of anilines is 1. The van der Waals surface area contributed by atoms with E-state index in [1.807, 2.05) is 18.2 Å². The minimum absolute atomic E-state index is 0.243. The molecule has 2 aromatic carbocycles. The molecule has 6 heteroatoms. The summed E-state index contributed by atoms with van der Waals surface area (Å²) in [6.45, 7) is 10.2. The van der Waals surface area contributed by atoms with E-state index in [0.717, 1.165) is 37.0 Å². The molecule has 0 unspecified atom stereocenters. The highest BCUT2D eigenvalue weighted by atomic mass is 16.5. The number of carbonyl (C=O) groups is 2. The van der Waals surface area contributed by atoms with E-state index >= 15 is 0 Å². The van der Waals surface area contributed by atoms with E-state index < -0.39 is 0 Å². The molecule has 0 fully saturated rings. The van der Waals surface area contributed by atoms with Gasteiger partial charge >= 0.3 is 5.97 Å². The van der Waals surface area contributed by atoms with Crippen LogP contribution in [0, 0.1) is 0 Å². The number of hydrogen-bond donors (Lipinski definition) is 1. The molecule has 0 aliphatic carbocycles. The number of nitrogens with one attached hydrogen (secondary N) is 1. The summed E-state index contributed by atoms with van der Waals surface area (Å²) in [6, 6.07) is 14.0. The summed E-state index contributed by atoms with van der Waals surface area (Å²) in [5.41, 5.74) is 1.57. The molecular weight excluding hydrogens is 428 g/mol. The summed E-state index contributed by atoms with van der Waals surface area (Å²) in [5, 5.41) is 2.89. The molecule has 0 bridgehead atoms. The Hall–Kier alpha value is -2.86. The third kappa shape index (κ3) is 8.82. The first kappa shape index (κ1) is 27.4. The average Bonchev–Trinajstić information content (AvgIpc) is 2.86. The zero-order valence-electron chi connectivity index (χ0n) is 21.3. The first-order chi connectivity index (χ1) is 16.4. The molecule has 1 N–H and O–H groups in total. The van der Waals surface area contributed by atoms with Crippen LogP contribution in [-0.4, -0.2) is 56.3 Å². The number of carbonyl (C=O) groups excluding carboxylic acids is 2. The SMILES string of the molecule is CCCCCCCOc1ccccc1C(=O)Nc1ccc(C(=O)OCC[N+](C)(CC)CC)cc1. The fourth-order valence-corrected chi connectivity index (χ4v) is 3.54. The van der Waals surface area contributed by atoms with Crippen molar-refractivity contribution in [2.75, 3.05) is 45.2 Å². The number of para-hydroxylation sites is 1. The molecule has 34 heavy (non-hydrogen) atoms. The fraction of sp³-hybridized carbons (Fsp3) is 0.500. The van der Waals surface area contributed by atoms with Crippen LogP contribution < -0.4 is 10.1 Å². The Morgan fingerprint density at radius 1 is 0.853 bits per heavy atom. The number of benzene rings is 2. The van der Waals surface area contributed by atoms with Gasteiger partial charge in [-0.15, -0.1) is 0 Å². The molecule has 0 heterocycles. The molecule has 6 nitrogen and oxygen atoms in total. The van der Waals surface area contributed by atoms with Crippen LogP contribution in [0.5, 0.6) is 5.75 Å². The van der Waals surface area contributed by atoms with Crippen molar-refractivity contribution in [3.63, 3.8) is 0 Å². The van der Waals surface area contributed by atoms with Gasteiger partial charge in [-0.3, -0.25) is 4.79 Å². The number of hydrogen-bond acceptors (Lipinski definition) is 4. The predicted octanol–water partition coefficient (Wildman–Crippen LogP) is 5.93. The number of nitrogens with zero attached hydrogens (tertiary/aromatic N) is 1. The largest absolute Gasteiger partial charge is 0.493 e. The number of likely N-dealkylation sites (N-methyl/N-ethyl adjacent to an activating group) is 1. The molecule has 0 atom stereocenters. The van der Waals surface area contributed by atoms with Gasteiger partial charge in [0.1, 0.15) is 18.9 Å². The van der Waals surface area contributed by atoms with Gasteiger partial charge in [0, 0.05) is 5.69 Å². The lowest BCUT2D eigenvalue weighted by Crippen LogP contribution is -2.46. The van der Waals surface area contributed by atoms with Crippen molar-refractivity contribution in [1.29, 1.82) is 0 Å². The third-order valence-electron chi connectivity index (χ3n) is 6.41. The molecule has 0 saturated heterocycles. The van der Waals surface area contributed by atoms with Crippen LogP contribution in [0.2, 0.25) is 0 Å². The van der Waals surface area contributed by atoms with Gasteiger partial charge in [-0.1, -0.05) is 44.7 Å². The molecule has 0 aliphatic rings. The minimum Gasteiger partial charge on any atom is -0.493 e. The van der Waals surface area contributed by atoms with E-state index in [2.05, 4.69) is 33.1 Å². The van der Waals surface area contributed by atoms with E-state index in [4.69, 9.17) is 9.47 Å². The average molecular weight is 470 g/mol. The summed E-state index contributed by atoms with van der Waals surface area (Å²) >= 11 is 0. The van der Waals surface area contributed by atoms with Gasteiger partial charge in [-0.2, -0.15) is 0 Å². The van der Waals surface area contributed by atoms with Crippen LogP contribution in [0.4, 0.5) is 5.69 Å². The van der Waals surface area contributed by atoms with Gasteiger partial charge in [0.25, 0.3) is 5.91 Å². The lowest BCUT2D eigenvalue weighted by molar-refractivity contribution is -0.906. The van der Waals surface area contributed by atoms with E-state index in [0.29, 0.717) is 35.8 Å². The van der Waals surface area contributed by atoms with Crippen LogP contribution in [0.3, 0.4) is 0 Å². The molecule has 0 aliphatic heterocycles. The zero-order chi connectivity index (χ0) is 24.8. The Bertz CT molecular complexity index is 892. The van der Waals surface area contributed by atoms with Crippen molar-refractivity contribution >= 4 is 17.6 Å². The van der Waals surface area contributed by atoms with Crippen molar-refractivity contribution < 1.29 is 23.5 Å². The maximum atomic E-state index is 12.8. The lowest BCUT2D eigenvalue weighted by Gasteiger charge is -2.31. The van der Waals surface area contributed by atoms with Gasteiger partial charge in [0.2, 0.25) is 0 Å². The molecule has 0 spiro atoms. The number of rotatable bonds is 15. The van der Waals surface area contributed by atoms with Crippen LogP contribution in [-0.2, 0) is 4.74 Å². The fourth-order valence-electron chi connectivity index (χ4n) is 3.54. The highest BCUT2D eigenvalue weighted by Gasteiger charge is 2.18. The molecule has 2 aromatic rings. The molecule has 1 amide bonds. The Kier molecular flexibility index (Phi) is 11.6. The summed E-state index contributed by atoms with van der Waals surface area (Å²) < 4.78 is 12.2. The maximum Gasteiger partial charge on any atom is 0.338 e. The van der Waals surface area contributed by atoms with Crippen molar-refractivity contribution in [3.8, 4) is 5.75 Å². The summed E-state index contributed by atoms with van der Waals surface area (Å²) in [4.78, 5) is 25.2. The maximum absolute atomic E-state index is 12.8. The van der Waals surface area contributed by atoms with Crippen molar-refractivity contribution in [3.05, 3.63) is 59.7 Å². The normalized spacial score (nSPS) is 11.2. The number of quaternary nitrogens is 1. The second-order valence-corrected chi connectivity index (χ2v) is 8.90. The highest BCUT2D eigenvalue weighted by Crippen LogP contribution is 2.21. The van der Waals surface area contributed by atoms with E-state index in [-0.39, 0.29) is 11.9 Å². The quantitative estimate of drug-likeness (QED) is 0.199. The smallest absolute Gasteiger partial charge is 0.338 e. The second-order valence-electron chi connectivity index (χ2n) is 8.90.